The summed E-state index contributed by atoms with van der Waals surface area (Å²) in [6.45, 7) is 3.23. The minimum Gasteiger partial charge on any atom is -0.493 e. The molecule has 1 saturated carbocycles. The van der Waals surface area contributed by atoms with Gasteiger partial charge in [-0.05, 0) is 48.3 Å². The van der Waals surface area contributed by atoms with Crippen molar-refractivity contribution < 1.29 is 9.53 Å². The maximum atomic E-state index is 10.9. The van der Waals surface area contributed by atoms with Gasteiger partial charge in [0.1, 0.15) is 5.75 Å². The third kappa shape index (κ3) is 2.22. The van der Waals surface area contributed by atoms with Crippen molar-refractivity contribution in [2.75, 3.05) is 13.2 Å². The van der Waals surface area contributed by atoms with Crippen LogP contribution in [0.25, 0.3) is 0 Å². The third-order valence-corrected chi connectivity index (χ3v) is 3.93. The Kier molecular flexibility index (Phi) is 2.98. The van der Waals surface area contributed by atoms with E-state index in [4.69, 9.17) is 4.74 Å². The Balaban J connectivity index is 1.72. The van der Waals surface area contributed by atoms with Gasteiger partial charge in [-0.25, -0.2) is 0 Å². The van der Waals surface area contributed by atoms with E-state index >= 15 is 0 Å². The molecule has 1 N–H and O–H groups in total. The van der Waals surface area contributed by atoms with Crippen molar-refractivity contribution in [2.45, 2.75) is 32.1 Å². The Morgan fingerprint density at radius 1 is 1.50 bits per heavy atom. The normalized spacial score (nSPS) is 24.9. The lowest BCUT2D eigenvalue weighted by Crippen LogP contribution is -2.22. The summed E-state index contributed by atoms with van der Waals surface area (Å²) in [5, 5.41) is 2.92. The summed E-state index contributed by atoms with van der Waals surface area (Å²) in [6, 6.07) is 6.39. The molecule has 3 nitrogen and oxygen atoms in total. The smallest absolute Gasteiger partial charge is 0.216 e. The fourth-order valence-electron chi connectivity index (χ4n) is 2.89. The molecule has 2 atom stereocenters. The van der Waals surface area contributed by atoms with Gasteiger partial charge in [0.2, 0.25) is 5.91 Å². The molecule has 1 aliphatic heterocycles. The van der Waals surface area contributed by atoms with Crippen LogP contribution in [0.15, 0.2) is 18.2 Å². The van der Waals surface area contributed by atoms with Crippen LogP contribution in [-0.2, 0) is 11.2 Å². The van der Waals surface area contributed by atoms with Gasteiger partial charge in [-0.15, -0.1) is 0 Å². The molecule has 0 bridgehead atoms. The van der Waals surface area contributed by atoms with Crippen LogP contribution in [0.2, 0.25) is 0 Å². The summed E-state index contributed by atoms with van der Waals surface area (Å²) in [5.74, 6) is 2.37. The Hall–Kier alpha value is -1.51. The largest absolute Gasteiger partial charge is 0.493 e. The minimum atomic E-state index is 0.0686. The van der Waals surface area contributed by atoms with Gasteiger partial charge in [0.25, 0.3) is 0 Å². The Labute approximate surface area is 108 Å². The molecule has 0 radical (unpaired) electrons. The number of benzene rings is 1. The van der Waals surface area contributed by atoms with E-state index in [0.717, 1.165) is 31.7 Å². The molecule has 1 amide bonds. The first-order valence-corrected chi connectivity index (χ1v) is 6.74. The van der Waals surface area contributed by atoms with Crippen molar-refractivity contribution in [1.29, 1.82) is 0 Å². The summed E-state index contributed by atoms with van der Waals surface area (Å²) in [5.41, 5.74) is 2.85. The van der Waals surface area contributed by atoms with Crippen molar-refractivity contribution in [3.05, 3.63) is 29.3 Å². The van der Waals surface area contributed by atoms with E-state index in [0.29, 0.717) is 11.8 Å². The molecule has 1 aromatic rings. The lowest BCUT2D eigenvalue weighted by molar-refractivity contribution is -0.119. The standard InChI is InChI=1S/C15H19NO2/c1-10(17)16-9-11-8-14(11)12-4-2-6-15-13(12)5-3-7-18-15/h2,4,6,11,14H,3,5,7-9H2,1H3,(H,16,17)/t11-,14+/m0/s1. The number of rotatable bonds is 3. The average Bonchev–Trinajstić information content (AvgIpc) is 3.15. The lowest BCUT2D eigenvalue weighted by Gasteiger charge is -2.20. The quantitative estimate of drug-likeness (QED) is 0.887. The first-order chi connectivity index (χ1) is 8.75. The second-order valence-electron chi connectivity index (χ2n) is 5.32. The van der Waals surface area contributed by atoms with E-state index in [1.54, 1.807) is 6.92 Å². The minimum absolute atomic E-state index is 0.0686. The molecule has 0 saturated heterocycles. The molecule has 1 aromatic carbocycles. The van der Waals surface area contributed by atoms with Crippen molar-refractivity contribution in [2.24, 2.45) is 5.92 Å². The number of nitrogens with one attached hydrogen (secondary N) is 1. The second kappa shape index (κ2) is 4.63. The maximum Gasteiger partial charge on any atom is 0.216 e. The van der Waals surface area contributed by atoms with Gasteiger partial charge in [-0.1, -0.05) is 12.1 Å². The van der Waals surface area contributed by atoms with Gasteiger partial charge in [-0.2, -0.15) is 0 Å². The molecule has 1 heterocycles. The number of ether oxygens (including phenoxy) is 1. The van der Waals surface area contributed by atoms with Crippen LogP contribution in [0.5, 0.6) is 5.75 Å². The highest BCUT2D eigenvalue weighted by atomic mass is 16.5. The van der Waals surface area contributed by atoms with E-state index in [1.165, 1.54) is 17.5 Å². The Morgan fingerprint density at radius 2 is 2.39 bits per heavy atom. The van der Waals surface area contributed by atoms with E-state index in [2.05, 4.69) is 23.5 Å². The first-order valence-electron chi connectivity index (χ1n) is 6.74. The topological polar surface area (TPSA) is 38.3 Å². The first kappa shape index (κ1) is 11.6. The molecule has 0 spiro atoms. The molecule has 1 aliphatic carbocycles. The molecule has 3 heteroatoms. The van der Waals surface area contributed by atoms with Crippen LogP contribution in [0.4, 0.5) is 0 Å². The second-order valence-corrected chi connectivity index (χ2v) is 5.32. The molecule has 0 aromatic heterocycles. The van der Waals surface area contributed by atoms with E-state index in [1.807, 2.05) is 0 Å². The van der Waals surface area contributed by atoms with Gasteiger partial charge >= 0.3 is 0 Å². The molecular formula is C15H19NO2. The Morgan fingerprint density at radius 3 is 3.22 bits per heavy atom. The van der Waals surface area contributed by atoms with E-state index in [9.17, 15) is 4.79 Å². The molecule has 0 unspecified atom stereocenters. The molecular weight excluding hydrogens is 226 g/mol. The highest BCUT2D eigenvalue weighted by Crippen LogP contribution is 2.49. The van der Waals surface area contributed by atoms with Crippen LogP contribution in [0.1, 0.15) is 36.8 Å². The summed E-state index contributed by atoms with van der Waals surface area (Å²) in [4.78, 5) is 10.9. The van der Waals surface area contributed by atoms with Gasteiger partial charge in [0.05, 0.1) is 6.61 Å². The van der Waals surface area contributed by atoms with Crippen LogP contribution in [-0.4, -0.2) is 19.1 Å². The highest BCUT2D eigenvalue weighted by molar-refractivity contribution is 5.72. The molecule has 2 aliphatic rings. The average molecular weight is 245 g/mol. The van der Waals surface area contributed by atoms with Crippen molar-refractivity contribution in [3.8, 4) is 5.75 Å². The predicted octanol–water partition coefficient (Wildman–Crippen LogP) is 2.25. The Bertz CT molecular complexity index is 470. The molecule has 96 valence electrons. The summed E-state index contributed by atoms with van der Waals surface area (Å²) < 4.78 is 5.71. The number of carbonyl (C=O) groups excluding carboxylic acids is 1. The van der Waals surface area contributed by atoms with Crippen molar-refractivity contribution >= 4 is 5.91 Å². The monoisotopic (exact) mass is 245 g/mol. The molecule has 1 fully saturated rings. The van der Waals surface area contributed by atoms with Crippen LogP contribution in [0.3, 0.4) is 0 Å². The molecule has 18 heavy (non-hydrogen) atoms. The number of carbonyl (C=O) groups is 1. The maximum absolute atomic E-state index is 10.9. The number of hydrogen-bond donors (Lipinski definition) is 1. The van der Waals surface area contributed by atoms with E-state index in [-0.39, 0.29) is 5.91 Å². The SMILES string of the molecule is CC(=O)NC[C@@H]1C[C@H]1c1cccc2c1CCCO2. The third-order valence-electron chi connectivity index (χ3n) is 3.93. The van der Waals surface area contributed by atoms with Gasteiger partial charge in [-0.3, -0.25) is 4.79 Å². The van der Waals surface area contributed by atoms with E-state index < -0.39 is 0 Å². The zero-order valence-corrected chi connectivity index (χ0v) is 10.7. The zero-order chi connectivity index (χ0) is 12.5. The van der Waals surface area contributed by atoms with Crippen LogP contribution >= 0.6 is 0 Å². The van der Waals surface area contributed by atoms with Crippen molar-refractivity contribution in [3.63, 3.8) is 0 Å². The fraction of sp³-hybridized carbons (Fsp3) is 0.533. The summed E-state index contributed by atoms with van der Waals surface area (Å²) in [7, 11) is 0. The number of hydrogen-bond acceptors (Lipinski definition) is 2. The van der Waals surface area contributed by atoms with Gasteiger partial charge in [0.15, 0.2) is 0 Å². The van der Waals surface area contributed by atoms with Crippen LogP contribution in [0, 0.1) is 5.92 Å². The van der Waals surface area contributed by atoms with Crippen molar-refractivity contribution in [1.82, 2.24) is 5.32 Å². The van der Waals surface area contributed by atoms with Crippen LogP contribution < -0.4 is 10.1 Å². The predicted molar refractivity (Wildman–Crippen MR) is 69.8 cm³/mol. The molecule has 3 rings (SSSR count). The zero-order valence-electron chi connectivity index (χ0n) is 10.7. The highest BCUT2D eigenvalue weighted by Gasteiger charge is 2.39. The summed E-state index contributed by atoms with van der Waals surface area (Å²) >= 11 is 0. The van der Waals surface area contributed by atoms with Gasteiger partial charge < -0.3 is 10.1 Å². The lowest BCUT2D eigenvalue weighted by atomic mass is 9.96. The van der Waals surface area contributed by atoms with Gasteiger partial charge in [0, 0.05) is 13.5 Å². The number of fused-ring (bicyclic) bond motifs is 1. The number of amides is 1. The summed E-state index contributed by atoms with van der Waals surface area (Å²) in [6.07, 6.45) is 3.44. The fourth-order valence-corrected chi connectivity index (χ4v) is 2.89.